The number of carbonyl (C=O) groups is 1. The minimum Gasteiger partial charge on any atom is -0.490 e. The topological polar surface area (TPSA) is 68.7 Å². The fourth-order valence-electron chi connectivity index (χ4n) is 1.82. The molecule has 1 N–H and O–H groups in total. The average Bonchev–Trinajstić information content (AvgIpc) is 2.87. The second kappa shape index (κ2) is 7.58. The molecular weight excluding hydrogens is 326 g/mol. The molecule has 2 aromatic rings. The minimum atomic E-state index is -0.969. The highest BCUT2D eigenvalue weighted by Gasteiger charge is 2.15. The van der Waals surface area contributed by atoms with E-state index in [1.54, 1.807) is 19.1 Å². The molecule has 0 amide bonds. The average molecular weight is 342 g/mol. The van der Waals surface area contributed by atoms with Crippen molar-refractivity contribution in [2.45, 2.75) is 13.8 Å². The number of hydrogen-bond donors (Lipinski definition) is 1. The van der Waals surface area contributed by atoms with E-state index >= 15 is 0 Å². The van der Waals surface area contributed by atoms with Gasteiger partial charge in [-0.2, -0.15) is 0 Å². The molecule has 0 spiro atoms. The van der Waals surface area contributed by atoms with Crippen LogP contribution in [0.4, 0.5) is 0 Å². The molecule has 0 saturated carbocycles. The number of aryl methyl sites for hydroxylation is 1. The number of aromatic carboxylic acids is 1. The van der Waals surface area contributed by atoms with Crippen molar-refractivity contribution in [2.24, 2.45) is 0 Å². The fraction of sp³-hybridized carbons (Fsp3) is 0.333. The number of thiazole rings is 1. The molecule has 0 aliphatic heterocycles. The van der Waals surface area contributed by atoms with Crippen LogP contribution in [0.15, 0.2) is 18.2 Å². The van der Waals surface area contributed by atoms with Crippen molar-refractivity contribution in [1.82, 2.24) is 4.98 Å². The van der Waals surface area contributed by atoms with E-state index in [1.165, 1.54) is 0 Å². The van der Waals surface area contributed by atoms with Gasteiger partial charge >= 0.3 is 5.97 Å². The second-order valence-corrected chi connectivity index (χ2v) is 5.84. The molecule has 0 atom stereocenters. The van der Waals surface area contributed by atoms with Gasteiger partial charge in [0.25, 0.3) is 0 Å². The highest BCUT2D eigenvalue weighted by atomic mass is 35.5. The first-order chi connectivity index (χ1) is 10.5. The lowest BCUT2D eigenvalue weighted by molar-refractivity contribution is 0.0701. The first-order valence-corrected chi connectivity index (χ1v) is 7.93. The van der Waals surface area contributed by atoms with Crippen LogP contribution in [0.3, 0.4) is 0 Å². The molecule has 0 aliphatic rings. The predicted octanol–water partition coefficient (Wildman–Crippen LogP) is 3.89. The molecule has 5 nitrogen and oxygen atoms in total. The predicted molar refractivity (Wildman–Crippen MR) is 86.2 cm³/mol. The number of benzene rings is 1. The molecule has 0 saturated heterocycles. The Hall–Kier alpha value is -1.63. The maximum Gasteiger partial charge on any atom is 0.347 e. The summed E-state index contributed by atoms with van der Waals surface area (Å²) in [5.74, 6) is -0.403. The van der Waals surface area contributed by atoms with Gasteiger partial charge in [0.15, 0.2) is 0 Å². The summed E-state index contributed by atoms with van der Waals surface area (Å²) < 4.78 is 10.7. The summed E-state index contributed by atoms with van der Waals surface area (Å²) in [6.07, 6.45) is 0. The largest absolute Gasteiger partial charge is 0.490 e. The monoisotopic (exact) mass is 341 g/mol. The lowest BCUT2D eigenvalue weighted by atomic mass is 10.2. The van der Waals surface area contributed by atoms with Crippen LogP contribution in [-0.4, -0.2) is 35.9 Å². The first-order valence-electron chi connectivity index (χ1n) is 6.74. The Labute approximate surface area is 137 Å². The van der Waals surface area contributed by atoms with Crippen molar-refractivity contribution in [1.29, 1.82) is 0 Å². The lowest BCUT2D eigenvalue weighted by Crippen LogP contribution is -2.06. The molecule has 0 aliphatic carbocycles. The molecule has 0 fully saturated rings. The van der Waals surface area contributed by atoms with Gasteiger partial charge in [-0.3, -0.25) is 0 Å². The summed E-state index contributed by atoms with van der Waals surface area (Å²) in [7, 11) is 0. The fourth-order valence-corrected chi connectivity index (χ4v) is 2.96. The minimum absolute atomic E-state index is 0.239. The van der Waals surface area contributed by atoms with Gasteiger partial charge < -0.3 is 14.6 Å². The van der Waals surface area contributed by atoms with Gasteiger partial charge in [-0.15, -0.1) is 11.3 Å². The van der Waals surface area contributed by atoms with Crippen LogP contribution >= 0.6 is 22.9 Å². The van der Waals surface area contributed by atoms with Gasteiger partial charge in [0.2, 0.25) is 0 Å². The molecular formula is C15H16ClNO4S. The Bertz CT molecular complexity index is 672. The summed E-state index contributed by atoms with van der Waals surface area (Å²) in [5.41, 5.74) is 1.27. The van der Waals surface area contributed by atoms with Crippen LogP contribution in [0.5, 0.6) is 5.75 Å². The van der Waals surface area contributed by atoms with Crippen molar-refractivity contribution in [2.75, 3.05) is 19.8 Å². The number of aromatic nitrogens is 1. The smallest absolute Gasteiger partial charge is 0.347 e. The molecule has 118 valence electrons. The third kappa shape index (κ3) is 3.97. The van der Waals surface area contributed by atoms with E-state index in [0.717, 1.165) is 16.9 Å². The molecule has 1 aromatic heterocycles. The second-order valence-electron chi connectivity index (χ2n) is 4.43. The van der Waals surface area contributed by atoms with E-state index < -0.39 is 5.97 Å². The zero-order valence-corrected chi connectivity index (χ0v) is 13.8. The van der Waals surface area contributed by atoms with Crippen LogP contribution in [0.1, 0.15) is 22.3 Å². The summed E-state index contributed by atoms with van der Waals surface area (Å²) in [6, 6.07) is 5.29. The quantitative estimate of drug-likeness (QED) is 0.774. The number of carboxylic acid groups (broad SMARTS) is 1. The maximum atomic E-state index is 11.1. The normalized spacial score (nSPS) is 10.7. The van der Waals surface area contributed by atoms with E-state index in [0.29, 0.717) is 41.3 Å². The number of hydrogen-bond acceptors (Lipinski definition) is 5. The standard InChI is InChI=1S/C15H16ClNO4S/c1-3-20-6-7-21-12-5-4-10(8-11(12)16)14-17-9(2)13(22-14)15(18)19/h4-5,8H,3,6-7H2,1-2H3,(H,18,19). The van der Waals surface area contributed by atoms with Gasteiger partial charge in [0.05, 0.1) is 17.3 Å². The Kier molecular flexibility index (Phi) is 5.76. The Morgan fingerprint density at radius 1 is 1.41 bits per heavy atom. The van der Waals surface area contributed by atoms with E-state index in [2.05, 4.69) is 4.98 Å². The van der Waals surface area contributed by atoms with Crippen LogP contribution in [-0.2, 0) is 4.74 Å². The summed E-state index contributed by atoms with van der Waals surface area (Å²) in [4.78, 5) is 15.6. The first kappa shape index (κ1) is 16.7. The number of halogens is 1. The van der Waals surface area contributed by atoms with Crippen LogP contribution < -0.4 is 4.74 Å². The highest BCUT2D eigenvalue weighted by molar-refractivity contribution is 7.17. The van der Waals surface area contributed by atoms with E-state index in [4.69, 9.17) is 26.2 Å². The van der Waals surface area contributed by atoms with Crippen molar-refractivity contribution < 1.29 is 19.4 Å². The third-order valence-corrected chi connectivity index (χ3v) is 4.35. The van der Waals surface area contributed by atoms with Gasteiger partial charge in [0.1, 0.15) is 22.2 Å². The summed E-state index contributed by atoms with van der Waals surface area (Å²) >= 11 is 7.33. The lowest BCUT2D eigenvalue weighted by Gasteiger charge is -2.08. The van der Waals surface area contributed by atoms with Gasteiger partial charge in [-0.05, 0) is 32.0 Å². The molecule has 1 heterocycles. The highest BCUT2D eigenvalue weighted by Crippen LogP contribution is 2.33. The molecule has 0 unspecified atom stereocenters. The SMILES string of the molecule is CCOCCOc1ccc(-c2nc(C)c(C(=O)O)s2)cc1Cl. The molecule has 0 bridgehead atoms. The molecule has 22 heavy (non-hydrogen) atoms. The van der Waals surface area contributed by atoms with Crippen LogP contribution in [0.2, 0.25) is 5.02 Å². The molecule has 0 radical (unpaired) electrons. The summed E-state index contributed by atoms with van der Waals surface area (Å²) in [6.45, 7) is 5.17. The Balaban J connectivity index is 2.15. The molecule has 2 rings (SSSR count). The number of carboxylic acids is 1. The maximum absolute atomic E-state index is 11.1. The van der Waals surface area contributed by atoms with Crippen molar-refractivity contribution >= 4 is 28.9 Å². The number of nitrogens with zero attached hydrogens (tertiary/aromatic N) is 1. The van der Waals surface area contributed by atoms with Crippen LogP contribution in [0, 0.1) is 6.92 Å². The zero-order chi connectivity index (χ0) is 16.1. The van der Waals surface area contributed by atoms with Crippen molar-refractivity contribution in [3.63, 3.8) is 0 Å². The van der Waals surface area contributed by atoms with E-state index in [-0.39, 0.29) is 4.88 Å². The Morgan fingerprint density at radius 2 is 2.18 bits per heavy atom. The number of ether oxygens (including phenoxy) is 2. The van der Waals surface area contributed by atoms with Gasteiger partial charge in [0, 0.05) is 12.2 Å². The van der Waals surface area contributed by atoms with Gasteiger partial charge in [-0.25, -0.2) is 9.78 Å². The third-order valence-electron chi connectivity index (χ3n) is 2.86. The zero-order valence-electron chi connectivity index (χ0n) is 12.3. The van der Waals surface area contributed by atoms with E-state index in [9.17, 15) is 4.79 Å². The number of rotatable bonds is 7. The summed E-state index contributed by atoms with van der Waals surface area (Å²) in [5, 5.41) is 10.2. The molecule has 7 heteroatoms. The van der Waals surface area contributed by atoms with E-state index in [1.807, 2.05) is 13.0 Å². The van der Waals surface area contributed by atoms with Crippen molar-refractivity contribution in [3.8, 4) is 16.3 Å². The van der Waals surface area contributed by atoms with Gasteiger partial charge in [-0.1, -0.05) is 11.6 Å². The Morgan fingerprint density at radius 3 is 2.77 bits per heavy atom. The van der Waals surface area contributed by atoms with Crippen LogP contribution in [0.25, 0.3) is 10.6 Å². The molecule has 1 aromatic carbocycles. The van der Waals surface area contributed by atoms with Crippen molar-refractivity contribution in [3.05, 3.63) is 33.8 Å².